The SMILES string of the molecule is CC(C)(N)C(=O)NC(COCc1ccccc1)C(=O)N1CCC(c2ccccc2)CC1.Cl. The lowest BCUT2D eigenvalue weighted by atomic mass is 9.89. The normalized spacial score (nSPS) is 15.5. The first-order valence-corrected chi connectivity index (χ1v) is 10.9. The quantitative estimate of drug-likeness (QED) is 0.634. The Morgan fingerprint density at radius 1 is 1.06 bits per heavy atom. The number of halogens is 1. The van der Waals surface area contributed by atoms with E-state index in [0.717, 1.165) is 18.4 Å². The van der Waals surface area contributed by atoms with Gasteiger partial charge in [0, 0.05) is 13.1 Å². The van der Waals surface area contributed by atoms with Crippen LogP contribution in [0.1, 0.15) is 43.7 Å². The van der Waals surface area contributed by atoms with Crippen molar-refractivity contribution in [2.24, 2.45) is 5.73 Å². The molecule has 3 N–H and O–H groups in total. The number of carbonyl (C=O) groups is 2. The lowest BCUT2D eigenvalue weighted by molar-refractivity contribution is -0.140. The van der Waals surface area contributed by atoms with Gasteiger partial charge in [0.2, 0.25) is 11.8 Å². The summed E-state index contributed by atoms with van der Waals surface area (Å²) in [4.78, 5) is 27.5. The van der Waals surface area contributed by atoms with E-state index in [1.165, 1.54) is 5.56 Å². The van der Waals surface area contributed by atoms with Gasteiger partial charge in [-0.1, -0.05) is 60.7 Å². The van der Waals surface area contributed by atoms with Crippen molar-refractivity contribution in [2.45, 2.75) is 50.8 Å². The van der Waals surface area contributed by atoms with Crippen molar-refractivity contribution in [3.05, 3.63) is 71.8 Å². The van der Waals surface area contributed by atoms with Crippen molar-refractivity contribution in [1.82, 2.24) is 10.2 Å². The van der Waals surface area contributed by atoms with E-state index < -0.39 is 11.6 Å². The molecule has 1 unspecified atom stereocenters. The van der Waals surface area contributed by atoms with E-state index in [4.69, 9.17) is 10.5 Å². The molecule has 1 aliphatic heterocycles. The molecule has 0 aromatic heterocycles. The van der Waals surface area contributed by atoms with Gasteiger partial charge < -0.3 is 20.7 Å². The van der Waals surface area contributed by atoms with Crippen LogP contribution in [-0.2, 0) is 20.9 Å². The van der Waals surface area contributed by atoms with Crippen molar-refractivity contribution < 1.29 is 14.3 Å². The summed E-state index contributed by atoms with van der Waals surface area (Å²) in [6.45, 7) is 5.06. The van der Waals surface area contributed by atoms with Crippen LogP contribution in [0, 0.1) is 0 Å². The lowest BCUT2D eigenvalue weighted by Crippen LogP contribution is -2.58. The number of nitrogens with one attached hydrogen (secondary N) is 1. The van der Waals surface area contributed by atoms with Crippen molar-refractivity contribution in [2.75, 3.05) is 19.7 Å². The minimum absolute atomic E-state index is 0. The summed E-state index contributed by atoms with van der Waals surface area (Å²) in [5, 5.41) is 2.80. The zero-order chi connectivity index (χ0) is 22.3. The first-order valence-electron chi connectivity index (χ1n) is 10.9. The molecule has 3 rings (SSSR count). The number of hydrogen-bond donors (Lipinski definition) is 2. The second-order valence-corrected chi connectivity index (χ2v) is 8.76. The van der Waals surface area contributed by atoms with Crippen molar-refractivity contribution in [3.8, 4) is 0 Å². The fraction of sp³-hybridized carbons (Fsp3) is 0.440. The van der Waals surface area contributed by atoms with Crippen molar-refractivity contribution >= 4 is 24.2 Å². The Hall–Kier alpha value is -2.41. The minimum Gasteiger partial charge on any atom is -0.374 e. The fourth-order valence-electron chi connectivity index (χ4n) is 3.77. The summed E-state index contributed by atoms with van der Waals surface area (Å²) in [7, 11) is 0. The number of amides is 2. The maximum atomic E-state index is 13.2. The van der Waals surface area contributed by atoms with Crippen LogP contribution in [0.25, 0.3) is 0 Å². The molecule has 7 heteroatoms. The molecule has 2 aromatic rings. The van der Waals surface area contributed by atoms with Crippen molar-refractivity contribution in [3.63, 3.8) is 0 Å². The third kappa shape index (κ3) is 7.33. The average Bonchev–Trinajstić information content (AvgIpc) is 2.78. The van der Waals surface area contributed by atoms with Gasteiger partial charge in [-0.25, -0.2) is 0 Å². The smallest absolute Gasteiger partial charge is 0.247 e. The van der Waals surface area contributed by atoms with E-state index in [1.54, 1.807) is 13.8 Å². The highest BCUT2D eigenvalue weighted by molar-refractivity contribution is 5.91. The van der Waals surface area contributed by atoms with Crippen LogP contribution in [0.2, 0.25) is 0 Å². The van der Waals surface area contributed by atoms with Gasteiger partial charge in [0.15, 0.2) is 0 Å². The average molecular weight is 460 g/mol. The molecule has 1 aliphatic rings. The molecule has 0 aliphatic carbocycles. The van der Waals surface area contributed by atoms with Gasteiger partial charge in [0.05, 0.1) is 18.8 Å². The Kier molecular flexibility index (Phi) is 9.69. The molecule has 1 saturated heterocycles. The van der Waals surface area contributed by atoms with Gasteiger partial charge in [-0.2, -0.15) is 0 Å². The highest BCUT2D eigenvalue weighted by Gasteiger charge is 2.32. The molecule has 174 valence electrons. The molecule has 6 nitrogen and oxygen atoms in total. The third-order valence-corrected chi connectivity index (χ3v) is 5.66. The molecule has 1 atom stereocenters. The number of likely N-dealkylation sites (tertiary alicyclic amines) is 1. The van der Waals surface area contributed by atoms with Crippen LogP contribution < -0.4 is 11.1 Å². The third-order valence-electron chi connectivity index (χ3n) is 5.66. The monoisotopic (exact) mass is 459 g/mol. The van der Waals surface area contributed by atoms with Crippen LogP contribution in [0.15, 0.2) is 60.7 Å². The zero-order valence-electron chi connectivity index (χ0n) is 18.8. The molecular weight excluding hydrogens is 426 g/mol. The number of benzene rings is 2. The van der Waals surface area contributed by atoms with Gasteiger partial charge in [0.1, 0.15) is 6.04 Å². The molecule has 2 aromatic carbocycles. The number of nitrogens with zero attached hydrogens (tertiary/aromatic N) is 1. The van der Waals surface area contributed by atoms with E-state index in [0.29, 0.717) is 25.6 Å². The second kappa shape index (κ2) is 12.0. The topological polar surface area (TPSA) is 84.7 Å². The van der Waals surface area contributed by atoms with Crippen LogP contribution in [0.3, 0.4) is 0 Å². The predicted molar refractivity (Wildman–Crippen MR) is 129 cm³/mol. The number of nitrogens with two attached hydrogens (primary N) is 1. The standard InChI is InChI=1S/C25H33N3O3.ClH/c1-25(2,26)24(30)27-22(18-31-17-19-9-5-3-6-10-19)23(29)28-15-13-21(14-16-28)20-11-7-4-8-12-20;/h3-12,21-22H,13-18,26H2,1-2H3,(H,27,30);1H. The molecule has 0 saturated carbocycles. The van der Waals surface area contributed by atoms with Gasteiger partial charge in [0.25, 0.3) is 0 Å². The summed E-state index contributed by atoms with van der Waals surface area (Å²) < 4.78 is 5.79. The first kappa shape index (κ1) is 25.8. The molecule has 2 amide bonds. The Bertz CT molecular complexity index is 848. The molecule has 0 radical (unpaired) electrons. The Balaban J connectivity index is 0.00000363. The maximum Gasteiger partial charge on any atom is 0.247 e. The van der Waals surface area contributed by atoms with Gasteiger partial charge in [-0.15, -0.1) is 12.4 Å². The van der Waals surface area contributed by atoms with Crippen LogP contribution in [0.5, 0.6) is 0 Å². The van der Waals surface area contributed by atoms with Gasteiger partial charge in [-0.05, 0) is 43.7 Å². The highest BCUT2D eigenvalue weighted by atomic mass is 35.5. The van der Waals surface area contributed by atoms with Crippen LogP contribution >= 0.6 is 12.4 Å². The molecule has 32 heavy (non-hydrogen) atoms. The lowest BCUT2D eigenvalue weighted by Gasteiger charge is -2.35. The minimum atomic E-state index is -1.07. The summed E-state index contributed by atoms with van der Waals surface area (Å²) in [5.41, 5.74) is 7.19. The maximum absolute atomic E-state index is 13.2. The number of carbonyl (C=O) groups excluding carboxylic acids is 2. The largest absolute Gasteiger partial charge is 0.374 e. The van der Waals surface area contributed by atoms with Gasteiger partial charge in [-0.3, -0.25) is 9.59 Å². The second-order valence-electron chi connectivity index (χ2n) is 8.76. The van der Waals surface area contributed by atoms with E-state index in [-0.39, 0.29) is 30.8 Å². The number of rotatable bonds is 8. The molecule has 0 spiro atoms. The molecular formula is C25H34ClN3O3. The summed E-state index contributed by atoms with van der Waals surface area (Å²) >= 11 is 0. The van der Waals surface area contributed by atoms with Gasteiger partial charge >= 0.3 is 0 Å². The van der Waals surface area contributed by atoms with Crippen molar-refractivity contribution in [1.29, 1.82) is 0 Å². The predicted octanol–water partition coefficient (Wildman–Crippen LogP) is 3.25. The Morgan fingerprint density at radius 2 is 1.62 bits per heavy atom. The first-order chi connectivity index (χ1) is 14.8. The van der Waals surface area contributed by atoms with Crippen LogP contribution in [-0.4, -0.2) is 48.0 Å². The number of ether oxygens (including phenoxy) is 1. The fourth-order valence-corrected chi connectivity index (χ4v) is 3.77. The number of hydrogen-bond acceptors (Lipinski definition) is 4. The van der Waals surface area contributed by atoms with E-state index in [9.17, 15) is 9.59 Å². The van der Waals surface area contributed by atoms with E-state index >= 15 is 0 Å². The Morgan fingerprint density at radius 3 is 2.19 bits per heavy atom. The summed E-state index contributed by atoms with van der Waals surface area (Å²) in [6, 6.07) is 19.4. The molecule has 1 fully saturated rings. The number of piperidine rings is 1. The van der Waals surface area contributed by atoms with E-state index in [2.05, 4.69) is 29.6 Å². The Labute approximate surface area is 196 Å². The highest BCUT2D eigenvalue weighted by Crippen LogP contribution is 2.28. The van der Waals surface area contributed by atoms with E-state index in [1.807, 2.05) is 41.3 Å². The zero-order valence-corrected chi connectivity index (χ0v) is 19.6. The van der Waals surface area contributed by atoms with Crippen LogP contribution in [0.4, 0.5) is 0 Å². The molecule has 1 heterocycles. The summed E-state index contributed by atoms with van der Waals surface area (Å²) in [5.74, 6) is -0.0268. The summed E-state index contributed by atoms with van der Waals surface area (Å²) in [6.07, 6.45) is 1.81. The molecule has 0 bridgehead atoms.